The van der Waals surface area contributed by atoms with Crippen LogP contribution in [0.25, 0.3) is 10.8 Å². The predicted molar refractivity (Wildman–Crippen MR) is 122 cm³/mol. The topological polar surface area (TPSA) is 75.7 Å². The van der Waals surface area contributed by atoms with E-state index in [1.54, 1.807) is 19.1 Å². The molecule has 1 fully saturated rings. The van der Waals surface area contributed by atoms with Gasteiger partial charge in [0.25, 0.3) is 0 Å². The molecule has 0 bridgehead atoms. The molecule has 0 spiro atoms. The van der Waals surface area contributed by atoms with Gasteiger partial charge in [0.2, 0.25) is 0 Å². The number of nitrogens with zero attached hydrogens (tertiary/aromatic N) is 1. The number of halogens is 1. The number of fused-ring (bicyclic) bond motifs is 1. The van der Waals surface area contributed by atoms with Crippen molar-refractivity contribution < 1.29 is 24.3 Å². The highest BCUT2D eigenvalue weighted by atomic mass is 127. The lowest BCUT2D eigenvalue weighted by atomic mass is 9.80. The largest absolute Gasteiger partial charge is 0.459 e. The molecule has 1 heterocycles. The van der Waals surface area contributed by atoms with Crippen LogP contribution in [0.5, 0.6) is 5.75 Å². The van der Waals surface area contributed by atoms with Gasteiger partial charge in [0.15, 0.2) is 0 Å². The van der Waals surface area contributed by atoms with Gasteiger partial charge in [-0.1, -0.05) is 46.9 Å². The highest BCUT2D eigenvalue weighted by Gasteiger charge is 2.47. The van der Waals surface area contributed by atoms with E-state index in [2.05, 4.69) is 0 Å². The molecule has 3 rings (SSSR count). The summed E-state index contributed by atoms with van der Waals surface area (Å²) < 4.78 is 11.1. The van der Waals surface area contributed by atoms with Crippen LogP contribution in [0, 0.1) is 0 Å². The first-order valence-electron chi connectivity index (χ1n) is 9.98. The molecule has 1 aliphatic rings. The third-order valence-corrected chi connectivity index (χ3v) is 5.98. The van der Waals surface area contributed by atoms with Crippen molar-refractivity contribution in [2.24, 2.45) is 0 Å². The molecule has 2 aromatic rings. The molecule has 0 aromatic heterocycles. The van der Waals surface area contributed by atoms with Gasteiger partial charge < -0.3 is 9.47 Å². The highest BCUT2D eigenvalue weighted by Crippen LogP contribution is 2.39. The molecule has 0 N–H and O–H groups in total. The van der Waals surface area contributed by atoms with Gasteiger partial charge in [0.1, 0.15) is 15.8 Å². The minimum absolute atomic E-state index is 0.287. The Bertz CT molecular complexity index is 951. The van der Waals surface area contributed by atoms with Gasteiger partial charge in [0.05, 0.1) is 5.56 Å². The second kappa shape index (κ2) is 8.43. The first-order chi connectivity index (χ1) is 13.9. The van der Waals surface area contributed by atoms with E-state index >= 15 is 0 Å². The van der Waals surface area contributed by atoms with Crippen molar-refractivity contribution in [2.75, 3.05) is 0 Å². The van der Waals surface area contributed by atoms with Crippen LogP contribution in [-0.4, -0.2) is 38.1 Å². The highest BCUT2D eigenvalue weighted by molar-refractivity contribution is 14.1. The minimum atomic E-state index is -0.622. The van der Waals surface area contributed by atoms with Crippen molar-refractivity contribution >= 4 is 45.3 Å². The molecule has 1 aliphatic heterocycles. The van der Waals surface area contributed by atoms with Crippen LogP contribution in [0.2, 0.25) is 0 Å². The number of rotatable bonds is 4. The predicted octanol–water partition coefficient (Wildman–Crippen LogP) is 5.09. The van der Waals surface area contributed by atoms with Crippen LogP contribution in [0.3, 0.4) is 0 Å². The maximum Gasteiger partial charge on any atom is 0.339 e. The van der Waals surface area contributed by atoms with Gasteiger partial charge in [-0.05, 0) is 52.1 Å². The second-order valence-electron chi connectivity index (χ2n) is 9.05. The van der Waals surface area contributed by atoms with E-state index in [0.29, 0.717) is 34.9 Å². The van der Waals surface area contributed by atoms with Crippen molar-refractivity contribution in [1.29, 1.82) is 0 Å². The van der Waals surface area contributed by atoms with E-state index in [1.807, 2.05) is 74.6 Å². The van der Waals surface area contributed by atoms with Crippen LogP contribution in [-0.2, 0) is 14.7 Å². The second-order valence-corrected chi connectivity index (χ2v) is 10.9. The number of carbonyl (C=O) groups excluding carboxylic acids is 2. The molecule has 0 aliphatic carbocycles. The number of piperidine rings is 1. The van der Waals surface area contributed by atoms with Crippen molar-refractivity contribution in [1.82, 2.24) is 5.06 Å². The summed E-state index contributed by atoms with van der Waals surface area (Å²) in [5.74, 6) is -0.371. The molecule has 1 saturated heterocycles. The number of hydroxylamine groups is 2. The van der Waals surface area contributed by atoms with Crippen LogP contribution in [0.4, 0.5) is 0 Å². The fourth-order valence-corrected chi connectivity index (χ4v) is 4.32. The van der Waals surface area contributed by atoms with Crippen LogP contribution in [0.1, 0.15) is 57.8 Å². The summed E-state index contributed by atoms with van der Waals surface area (Å²) in [4.78, 5) is 25.1. The van der Waals surface area contributed by atoms with E-state index in [0.717, 1.165) is 5.06 Å². The molecular weight excluding hydrogens is 497 g/mol. The van der Waals surface area contributed by atoms with Crippen molar-refractivity contribution in [3.05, 3.63) is 42.0 Å². The molecule has 0 amide bonds. The molecule has 1 unspecified atom stereocenters. The molecule has 2 aromatic carbocycles. The minimum Gasteiger partial charge on any atom is -0.459 e. The maximum absolute atomic E-state index is 13.0. The molecule has 1 atom stereocenters. The molecule has 30 heavy (non-hydrogen) atoms. The van der Waals surface area contributed by atoms with Gasteiger partial charge in [0, 0.05) is 29.3 Å². The number of alkyl halides is 1. The maximum atomic E-state index is 13.0. The number of hydrogen-bond donors (Lipinski definition) is 0. The van der Waals surface area contributed by atoms with Crippen LogP contribution in [0.15, 0.2) is 36.4 Å². The smallest absolute Gasteiger partial charge is 0.339 e. The summed E-state index contributed by atoms with van der Waals surface area (Å²) in [6.07, 6.45) is 0.573. The number of benzene rings is 2. The standard InChI is InChI=1S/C23H27INO5/c1-14(24)20(26)30-19-11-10-18(16-8-6-7-9-17(16)19)21(27)29-15-12-22(2,3)25(28)23(4,5)13-15/h6-11,14-15H,12-13H2,1-5H3. The number of carbonyl (C=O) groups is 2. The lowest BCUT2D eigenvalue weighted by Crippen LogP contribution is -2.60. The third kappa shape index (κ3) is 4.63. The molecular formula is C23H27INO5. The van der Waals surface area contributed by atoms with Gasteiger partial charge >= 0.3 is 11.9 Å². The third-order valence-electron chi connectivity index (χ3n) is 5.47. The van der Waals surface area contributed by atoms with E-state index < -0.39 is 17.0 Å². The molecule has 1 radical (unpaired) electrons. The molecule has 0 saturated carbocycles. The Kier molecular flexibility index (Phi) is 6.46. The average molecular weight is 524 g/mol. The van der Waals surface area contributed by atoms with Gasteiger partial charge in [-0.25, -0.2) is 4.79 Å². The Balaban J connectivity index is 1.88. The number of hydrogen-bond acceptors (Lipinski definition) is 5. The zero-order valence-electron chi connectivity index (χ0n) is 17.9. The van der Waals surface area contributed by atoms with Gasteiger partial charge in [-0.2, -0.15) is 0 Å². The summed E-state index contributed by atoms with van der Waals surface area (Å²) in [5.41, 5.74) is -0.834. The van der Waals surface area contributed by atoms with E-state index in [-0.39, 0.29) is 16.0 Å². The lowest BCUT2D eigenvalue weighted by molar-refractivity contribution is -0.298. The summed E-state index contributed by atoms with van der Waals surface area (Å²) in [6.45, 7) is 9.23. The van der Waals surface area contributed by atoms with E-state index in [4.69, 9.17) is 9.47 Å². The van der Waals surface area contributed by atoms with Crippen molar-refractivity contribution in [3.63, 3.8) is 0 Å². The van der Waals surface area contributed by atoms with Crippen molar-refractivity contribution in [3.8, 4) is 5.75 Å². The average Bonchev–Trinajstić information content (AvgIpc) is 2.65. The van der Waals surface area contributed by atoms with Crippen molar-refractivity contribution in [2.45, 2.75) is 68.6 Å². The zero-order chi connectivity index (χ0) is 22.3. The molecule has 161 valence electrons. The fraction of sp³-hybridized carbons (Fsp3) is 0.478. The first-order valence-corrected chi connectivity index (χ1v) is 11.2. The van der Waals surface area contributed by atoms with Crippen LogP contribution < -0.4 is 4.74 Å². The Morgan fingerprint density at radius 2 is 1.60 bits per heavy atom. The Labute approximate surface area is 190 Å². The molecule has 7 heteroatoms. The summed E-state index contributed by atoms with van der Waals surface area (Å²) >= 11 is 2.00. The summed E-state index contributed by atoms with van der Waals surface area (Å²) in [6, 6.07) is 10.5. The number of ether oxygens (including phenoxy) is 2. The zero-order valence-corrected chi connectivity index (χ0v) is 20.1. The fourth-order valence-electron chi connectivity index (χ4n) is 4.20. The Morgan fingerprint density at radius 3 is 2.17 bits per heavy atom. The first kappa shape index (κ1) is 23.0. The number of esters is 2. The Morgan fingerprint density at radius 1 is 1.03 bits per heavy atom. The van der Waals surface area contributed by atoms with E-state index in [1.165, 1.54) is 0 Å². The summed E-state index contributed by atoms with van der Waals surface area (Å²) in [5, 5.41) is 15.0. The Hall–Kier alpha value is -1.71. The summed E-state index contributed by atoms with van der Waals surface area (Å²) in [7, 11) is 0. The SMILES string of the molecule is CC(I)C(=O)Oc1ccc(C(=O)OC2CC(C)(C)N([O])C(C)(C)C2)c2ccccc12. The van der Waals surface area contributed by atoms with E-state index in [9.17, 15) is 14.8 Å². The monoisotopic (exact) mass is 524 g/mol. The van der Waals surface area contributed by atoms with Crippen LogP contribution >= 0.6 is 22.6 Å². The lowest BCUT2D eigenvalue weighted by Gasteiger charge is -2.49. The van der Waals surface area contributed by atoms with Gasteiger partial charge in [-0.3, -0.25) is 4.79 Å². The molecule has 6 nitrogen and oxygen atoms in total. The van der Waals surface area contributed by atoms with Gasteiger partial charge in [-0.15, -0.1) is 10.3 Å². The quantitative estimate of drug-likeness (QED) is 0.241. The normalized spacial score (nSPS) is 20.0.